The molecule has 0 amide bonds. The van der Waals surface area contributed by atoms with Crippen molar-refractivity contribution in [3.8, 4) is 11.1 Å². The van der Waals surface area contributed by atoms with E-state index in [2.05, 4.69) is 76.2 Å². The second-order valence-electron chi connectivity index (χ2n) is 7.76. The van der Waals surface area contributed by atoms with Gasteiger partial charge < -0.3 is 9.16 Å². The quantitative estimate of drug-likeness (QED) is 0.349. The van der Waals surface area contributed by atoms with Crippen molar-refractivity contribution in [3.63, 3.8) is 0 Å². The largest absolute Gasteiger partial charge is 0.415 e. The van der Waals surface area contributed by atoms with Gasteiger partial charge in [-0.05, 0) is 46.8 Å². The van der Waals surface area contributed by atoms with E-state index in [9.17, 15) is 0 Å². The monoisotopic (exact) mass is 382 g/mol. The van der Waals surface area contributed by atoms with Crippen LogP contribution in [0.25, 0.3) is 11.1 Å². The Kier molecular flexibility index (Phi) is 6.56. The Morgan fingerprint density at radius 1 is 0.741 bits per heavy atom. The molecule has 3 rings (SSSR count). The SMILES string of the molecule is CCCOCC1(CO[Si](CC)(CC)CC)c2ccccc2-c2ccccc21. The van der Waals surface area contributed by atoms with Gasteiger partial charge in [0.05, 0.1) is 12.0 Å². The fraction of sp³-hybridized carbons (Fsp3) is 0.500. The van der Waals surface area contributed by atoms with E-state index in [0.29, 0.717) is 6.61 Å². The van der Waals surface area contributed by atoms with Gasteiger partial charge in [0.1, 0.15) is 0 Å². The van der Waals surface area contributed by atoms with Gasteiger partial charge in [0.2, 0.25) is 0 Å². The van der Waals surface area contributed by atoms with Crippen LogP contribution in [0.4, 0.5) is 0 Å². The minimum atomic E-state index is -1.68. The molecule has 0 fully saturated rings. The van der Waals surface area contributed by atoms with Crippen LogP contribution in [0.3, 0.4) is 0 Å². The van der Waals surface area contributed by atoms with Crippen LogP contribution < -0.4 is 0 Å². The van der Waals surface area contributed by atoms with Crippen molar-refractivity contribution in [3.05, 3.63) is 59.7 Å². The number of ether oxygens (including phenoxy) is 1. The number of fused-ring (bicyclic) bond motifs is 3. The smallest absolute Gasteiger partial charge is 0.192 e. The molecule has 0 unspecified atom stereocenters. The molecule has 0 atom stereocenters. The van der Waals surface area contributed by atoms with E-state index in [4.69, 9.17) is 9.16 Å². The van der Waals surface area contributed by atoms with E-state index in [1.54, 1.807) is 0 Å². The van der Waals surface area contributed by atoms with Crippen LogP contribution in [0.2, 0.25) is 18.1 Å². The van der Waals surface area contributed by atoms with Crippen LogP contribution >= 0.6 is 0 Å². The molecule has 0 bridgehead atoms. The standard InChI is InChI=1S/C24H34O2Si/c1-5-17-25-18-24(19-26-27(6-2,7-3)8-4)22-15-11-9-13-20(22)21-14-10-12-16-23(21)24/h9-16H,5-8,17-19H2,1-4H3. The van der Waals surface area contributed by atoms with Gasteiger partial charge >= 0.3 is 0 Å². The second kappa shape index (κ2) is 8.72. The Labute approximate surface area is 166 Å². The predicted molar refractivity (Wildman–Crippen MR) is 117 cm³/mol. The molecule has 146 valence electrons. The topological polar surface area (TPSA) is 18.5 Å². The van der Waals surface area contributed by atoms with Crippen LogP contribution in [0.15, 0.2) is 48.5 Å². The van der Waals surface area contributed by atoms with Crippen molar-refractivity contribution in [2.45, 2.75) is 57.7 Å². The Bertz CT molecular complexity index is 698. The predicted octanol–water partition coefficient (Wildman–Crippen LogP) is 6.40. The van der Waals surface area contributed by atoms with Crippen LogP contribution in [-0.4, -0.2) is 28.1 Å². The van der Waals surface area contributed by atoms with Crippen LogP contribution in [0.5, 0.6) is 0 Å². The van der Waals surface area contributed by atoms with E-state index in [0.717, 1.165) is 19.6 Å². The highest BCUT2D eigenvalue weighted by atomic mass is 28.4. The summed E-state index contributed by atoms with van der Waals surface area (Å²) in [5.41, 5.74) is 5.23. The zero-order valence-electron chi connectivity index (χ0n) is 17.4. The average Bonchev–Trinajstić information content (AvgIpc) is 3.01. The fourth-order valence-corrected chi connectivity index (χ4v) is 7.16. The summed E-state index contributed by atoms with van der Waals surface area (Å²) in [6.45, 7) is 11.3. The number of rotatable bonds is 10. The fourth-order valence-electron chi connectivity index (χ4n) is 4.49. The van der Waals surface area contributed by atoms with Gasteiger partial charge in [-0.25, -0.2) is 0 Å². The Hall–Kier alpha value is -1.42. The van der Waals surface area contributed by atoms with Crippen LogP contribution in [-0.2, 0) is 14.6 Å². The van der Waals surface area contributed by atoms with Crippen LogP contribution in [0.1, 0.15) is 45.2 Å². The lowest BCUT2D eigenvalue weighted by molar-refractivity contribution is 0.0734. The lowest BCUT2D eigenvalue weighted by atomic mass is 9.79. The molecule has 0 spiro atoms. The second-order valence-corrected chi connectivity index (χ2v) is 12.5. The van der Waals surface area contributed by atoms with Crippen molar-refractivity contribution in [1.29, 1.82) is 0 Å². The van der Waals surface area contributed by atoms with Gasteiger partial charge in [-0.1, -0.05) is 76.2 Å². The van der Waals surface area contributed by atoms with Gasteiger partial charge in [-0.15, -0.1) is 0 Å². The lowest BCUT2D eigenvalue weighted by Crippen LogP contribution is -2.44. The van der Waals surface area contributed by atoms with Crippen molar-refractivity contribution in [2.75, 3.05) is 19.8 Å². The molecule has 0 aromatic heterocycles. The Morgan fingerprint density at radius 2 is 1.26 bits per heavy atom. The van der Waals surface area contributed by atoms with Crippen molar-refractivity contribution in [2.24, 2.45) is 0 Å². The minimum Gasteiger partial charge on any atom is -0.415 e. The number of hydrogen-bond donors (Lipinski definition) is 0. The van der Waals surface area contributed by atoms with Crippen LogP contribution in [0, 0.1) is 0 Å². The third kappa shape index (κ3) is 3.65. The summed E-state index contributed by atoms with van der Waals surface area (Å²) < 4.78 is 13.1. The van der Waals surface area contributed by atoms with E-state index < -0.39 is 8.32 Å². The first-order valence-electron chi connectivity index (χ1n) is 10.6. The summed E-state index contributed by atoms with van der Waals surface area (Å²) in [5.74, 6) is 0. The molecule has 2 aromatic rings. The van der Waals surface area contributed by atoms with Gasteiger partial charge in [-0.3, -0.25) is 0 Å². The number of benzene rings is 2. The van der Waals surface area contributed by atoms with Crippen molar-refractivity contribution in [1.82, 2.24) is 0 Å². The Morgan fingerprint density at radius 3 is 1.74 bits per heavy atom. The molecule has 1 aliphatic rings. The Balaban J connectivity index is 2.05. The molecule has 0 aliphatic heterocycles. The maximum absolute atomic E-state index is 6.87. The summed E-state index contributed by atoms with van der Waals surface area (Å²) >= 11 is 0. The van der Waals surface area contributed by atoms with E-state index in [1.807, 2.05) is 0 Å². The molecule has 0 saturated heterocycles. The van der Waals surface area contributed by atoms with E-state index in [1.165, 1.54) is 40.4 Å². The van der Waals surface area contributed by atoms with E-state index >= 15 is 0 Å². The molecule has 1 aliphatic carbocycles. The molecule has 27 heavy (non-hydrogen) atoms. The molecule has 2 nitrogen and oxygen atoms in total. The lowest BCUT2D eigenvalue weighted by Gasteiger charge is -2.37. The summed E-state index contributed by atoms with van der Waals surface area (Å²) in [6, 6.07) is 21.2. The summed E-state index contributed by atoms with van der Waals surface area (Å²) in [4.78, 5) is 0. The first-order chi connectivity index (χ1) is 13.2. The molecular weight excluding hydrogens is 348 g/mol. The summed E-state index contributed by atoms with van der Waals surface area (Å²) in [6.07, 6.45) is 1.04. The highest BCUT2D eigenvalue weighted by Crippen LogP contribution is 2.49. The zero-order chi connectivity index (χ0) is 19.3. The summed E-state index contributed by atoms with van der Waals surface area (Å²) in [7, 11) is -1.68. The normalized spacial score (nSPS) is 14.8. The average molecular weight is 383 g/mol. The first kappa shape index (κ1) is 20.3. The minimum absolute atomic E-state index is 0.194. The van der Waals surface area contributed by atoms with Gasteiger partial charge in [-0.2, -0.15) is 0 Å². The molecule has 0 saturated carbocycles. The molecule has 0 heterocycles. The molecule has 0 radical (unpaired) electrons. The zero-order valence-corrected chi connectivity index (χ0v) is 18.4. The molecule has 2 aromatic carbocycles. The maximum Gasteiger partial charge on any atom is 0.192 e. The highest BCUT2D eigenvalue weighted by molar-refractivity contribution is 6.73. The van der Waals surface area contributed by atoms with Gasteiger partial charge in [0.15, 0.2) is 8.32 Å². The van der Waals surface area contributed by atoms with Gasteiger partial charge in [0.25, 0.3) is 0 Å². The summed E-state index contributed by atoms with van der Waals surface area (Å²) in [5, 5.41) is 0. The molecule has 0 N–H and O–H groups in total. The third-order valence-corrected chi connectivity index (χ3v) is 11.1. The van der Waals surface area contributed by atoms with E-state index in [-0.39, 0.29) is 5.41 Å². The molecule has 3 heteroatoms. The number of hydrogen-bond acceptors (Lipinski definition) is 2. The van der Waals surface area contributed by atoms with Crippen molar-refractivity contribution < 1.29 is 9.16 Å². The first-order valence-corrected chi connectivity index (χ1v) is 13.1. The highest BCUT2D eigenvalue weighted by Gasteiger charge is 2.45. The maximum atomic E-state index is 6.87. The van der Waals surface area contributed by atoms with Gasteiger partial charge in [0, 0.05) is 13.2 Å². The van der Waals surface area contributed by atoms with Crippen molar-refractivity contribution >= 4 is 8.32 Å². The third-order valence-electron chi connectivity index (χ3n) is 6.43. The molecular formula is C24H34O2Si.